The molecule has 0 atom stereocenters. The first-order chi connectivity index (χ1) is 26.3. The van der Waals surface area contributed by atoms with Crippen LogP contribution in [0.1, 0.15) is 83.0 Å². The number of nitrogens with zero attached hydrogens (tertiary/aromatic N) is 2. The lowest BCUT2D eigenvalue weighted by atomic mass is 9.82. The molecule has 0 bridgehead atoms. The highest BCUT2D eigenvalue weighted by Crippen LogP contribution is 2.47. The third kappa shape index (κ3) is 4.59. The van der Waals surface area contributed by atoms with Crippen LogP contribution in [0.15, 0.2) is 107 Å². The Hall–Kier alpha value is -5.98. The Morgan fingerprint density at radius 3 is 0.839 bits per heavy atom. The Kier molecular flexibility index (Phi) is 7.20. The number of rotatable bonds is 4. The van der Waals surface area contributed by atoms with Crippen LogP contribution in [0.25, 0.3) is 43.1 Å². The second-order valence-electron chi connectivity index (χ2n) is 16.3. The van der Waals surface area contributed by atoms with Crippen LogP contribution in [0.2, 0.25) is 0 Å². The lowest BCUT2D eigenvalue weighted by molar-refractivity contribution is 0.0877. The summed E-state index contributed by atoms with van der Waals surface area (Å²) in [4.78, 5) is 59.0. The van der Waals surface area contributed by atoms with E-state index in [-0.39, 0.29) is 21.2 Å². The summed E-state index contributed by atoms with van der Waals surface area (Å²) < 4.78 is 50.1. The second kappa shape index (κ2) is 11.3. The fourth-order valence-corrected chi connectivity index (χ4v) is 10.4. The Bertz CT molecular complexity index is 2850. The van der Waals surface area contributed by atoms with Crippen LogP contribution in [-0.2, 0) is 19.7 Å². The van der Waals surface area contributed by atoms with Crippen LogP contribution < -0.4 is 9.80 Å². The van der Waals surface area contributed by atoms with Crippen molar-refractivity contribution in [3.8, 4) is 0 Å². The number of anilines is 2. The van der Waals surface area contributed by atoms with Gasteiger partial charge in [-0.3, -0.25) is 19.2 Å². The Morgan fingerprint density at radius 2 is 0.607 bits per heavy atom. The fraction of sp³-hybridized carbons (Fsp3) is 0.182. The molecule has 7 aromatic rings. The highest BCUT2D eigenvalue weighted by atomic mass is 32.2. The normalized spacial score (nSPS) is 15.3. The zero-order valence-electron chi connectivity index (χ0n) is 31.2. The lowest BCUT2D eigenvalue weighted by Gasteiger charge is -2.30. The van der Waals surface area contributed by atoms with Gasteiger partial charge in [-0.1, -0.05) is 24.3 Å². The van der Waals surface area contributed by atoms with Crippen molar-refractivity contribution >= 4 is 97.8 Å². The number of amides is 4. The topological polar surface area (TPSA) is 143 Å². The predicted molar refractivity (Wildman–Crippen MR) is 217 cm³/mol. The van der Waals surface area contributed by atoms with Gasteiger partial charge in [0.1, 0.15) is 0 Å². The zero-order valence-corrected chi connectivity index (χ0v) is 32.8. The molecular weight excluding hydrogens is 749 g/mol. The molecule has 10 nitrogen and oxygen atoms in total. The largest absolute Gasteiger partial charge is 0.268 e. The second-order valence-corrected chi connectivity index (χ2v) is 21.7. The van der Waals surface area contributed by atoms with E-state index in [2.05, 4.69) is 0 Å². The van der Waals surface area contributed by atoms with Gasteiger partial charge >= 0.3 is 0 Å². The number of carbonyl (C=O) groups is 4. The van der Waals surface area contributed by atoms with Crippen LogP contribution in [0.5, 0.6) is 0 Å². The average molecular weight is 783 g/mol. The SMILES string of the molecule is CC(C)(C)S(=O)(=O)c1ccc(N2C(=O)c3ccc4c5ccc6c7c(ccc(c8ccc(c3c48)C2=O)c75)C(=O)N(c2ccc(S(=O)(=O)C(C)(C)C)cc2)C6=O)cc1. The molecule has 0 saturated carbocycles. The molecule has 0 radical (unpaired) electrons. The molecule has 280 valence electrons. The molecule has 56 heavy (non-hydrogen) atoms. The van der Waals surface area contributed by atoms with Crippen molar-refractivity contribution in [1.29, 1.82) is 0 Å². The van der Waals surface area contributed by atoms with Crippen LogP contribution in [0.3, 0.4) is 0 Å². The monoisotopic (exact) mass is 782 g/mol. The molecule has 12 heteroatoms. The summed E-state index contributed by atoms with van der Waals surface area (Å²) in [6.07, 6.45) is 0. The summed E-state index contributed by atoms with van der Waals surface area (Å²) in [5, 5.41) is 5.33. The number of imide groups is 2. The summed E-state index contributed by atoms with van der Waals surface area (Å²) in [6, 6.07) is 25.5. The first kappa shape index (κ1) is 35.7. The van der Waals surface area contributed by atoms with Crippen molar-refractivity contribution in [1.82, 2.24) is 0 Å². The summed E-state index contributed by atoms with van der Waals surface area (Å²) in [5.41, 5.74) is 1.72. The van der Waals surface area contributed by atoms with Gasteiger partial charge in [-0.05, 0) is 147 Å². The van der Waals surface area contributed by atoms with Crippen molar-refractivity contribution in [2.45, 2.75) is 60.8 Å². The molecule has 0 N–H and O–H groups in total. The van der Waals surface area contributed by atoms with E-state index in [1.54, 1.807) is 65.8 Å². The van der Waals surface area contributed by atoms with Gasteiger partial charge in [0.25, 0.3) is 23.6 Å². The molecule has 0 spiro atoms. The van der Waals surface area contributed by atoms with Crippen molar-refractivity contribution in [3.05, 3.63) is 119 Å². The van der Waals surface area contributed by atoms with E-state index in [1.165, 1.54) is 48.5 Å². The summed E-state index contributed by atoms with van der Waals surface area (Å²) >= 11 is 0. The number of benzene rings is 7. The van der Waals surface area contributed by atoms with Gasteiger partial charge in [-0.15, -0.1) is 0 Å². The summed E-state index contributed by atoms with van der Waals surface area (Å²) in [5.74, 6) is -2.19. The van der Waals surface area contributed by atoms with Gasteiger partial charge in [-0.25, -0.2) is 26.6 Å². The van der Waals surface area contributed by atoms with Crippen molar-refractivity contribution in [2.24, 2.45) is 0 Å². The maximum absolute atomic E-state index is 14.2. The van der Waals surface area contributed by atoms with Crippen molar-refractivity contribution in [2.75, 3.05) is 9.80 Å². The number of hydrogen-bond donors (Lipinski definition) is 0. The minimum absolute atomic E-state index is 0.0856. The van der Waals surface area contributed by atoms with E-state index < -0.39 is 52.8 Å². The Labute approximate surface area is 322 Å². The highest BCUT2D eigenvalue weighted by Gasteiger charge is 2.39. The molecule has 4 amide bonds. The van der Waals surface area contributed by atoms with E-state index in [9.17, 15) is 36.0 Å². The molecule has 0 fully saturated rings. The minimum Gasteiger partial charge on any atom is -0.268 e. The van der Waals surface area contributed by atoms with Crippen LogP contribution in [0.4, 0.5) is 11.4 Å². The standard InChI is InChI=1S/C44H34N2O8S2/c1-43(2,3)55(51,52)25-11-7-23(8-12-25)45-39(47)31-19-15-27-29-17-21-33-38-34(22-18-30(36(29)38)28-16-20-32(40(45)48)37(31)35(27)28)42(50)46(41(33)49)24-9-13-26(14-10-24)56(53,54)44(4,5)6/h7-22H,1-6H3. The molecule has 0 unspecified atom stereocenters. The van der Waals surface area contributed by atoms with Crippen molar-refractivity contribution < 1.29 is 36.0 Å². The zero-order chi connectivity index (χ0) is 40.0. The number of carbonyl (C=O) groups excluding carboxylic acids is 4. The fourth-order valence-electron chi connectivity index (χ4n) is 7.99. The Balaban J connectivity index is 1.17. The summed E-state index contributed by atoms with van der Waals surface area (Å²) in [7, 11) is -7.32. The molecule has 9 rings (SSSR count). The molecule has 0 aromatic heterocycles. The first-order valence-corrected chi connectivity index (χ1v) is 20.9. The number of fused-ring (bicyclic) bond motifs is 2. The van der Waals surface area contributed by atoms with E-state index in [1.807, 2.05) is 24.3 Å². The number of hydrogen-bond acceptors (Lipinski definition) is 8. The maximum Gasteiger partial charge on any atom is 0.265 e. The van der Waals surface area contributed by atoms with E-state index in [0.717, 1.165) is 31.3 Å². The third-order valence-corrected chi connectivity index (χ3v) is 16.1. The molecule has 2 aliphatic rings. The smallest absolute Gasteiger partial charge is 0.265 e. The van der Waals surface area contributed by atoms with Gasteiger partial charge in [0.15, 0.2) is 19.7 Å². The molecule has 2 heterocycles. The van der Waals surface area contributed by atoms with Gasteiger partial charge in [0.05, 0.1) is 30.7 Å². The molecular formula is C44H34N2O8S2. The minimum atomic E-state index is -3.66. The third-order valence-electron chi connectivity index (χ3n) is 11.1. The molecule has 0 aliphatic carbocycles. The highest BCUT2D eigenvalue weighted by molar-refractivity contribution is 7.93. The van der Waals surface area contributed by atoms with Gasteiger partial charge in [-0.2, -0.15) is 0 Å². The van der Waals surface area contributed by atoms with Crippen LogP contribution in [0, 0.1) is 0 Å². The maximum atomic E-state index is 14.2. The van der Waals surface area contributed by atoms with E-state index >= 15 is 0 Å². The molecule has 0 saturated heterocycles. The summed E-state index contributed by atoms with van der Waals surface area (Å²) in [6.45, 7) is 9.63. The molecule has 2 aliphatic heterocycles. The van der Waals surface area contributed by atoms with Gasteiger partial charge in [0.2, 0.25) is 0 Å². The molecule has 7 aromatic carbocycles. The first-order valence-electron chi connectivity index (χ1n) is 17.9. The van der Waals surface area contributed by atoms with Crippen LogP contribution >= 0.6 is 0 Å². The average Bonchev–Trinajstić information content (AvgIpc) is 3.15. The predicted octanol–water partition coefficient (Wildman–Crippen LogP) is 8.48. The Morgan fingerprint density at radius 1 is 0.357 bits per heavy atom. The lowest BCUT2D eigenvalue weighted by Crippen LogP contribution is -2.40. The van der Waals surface area contributed by atoms with Crippen LogP contribution in [-0.4, -0.2) is 50.0 Å². The van der Waals surface area contributed by atoms with Gasteiger partial charge in [0, 0.05) is 33.0 Å². The van der Waals surface area contributed by atoms with Crippen molar-refractivity contribution in [3.63, 3.8) is 0 Å². The van der Waals surface area contributed by atoms with Gasteiger partial charge < -0.3 is 0 Å². The van der Waals surface area contributed by atoms with E-state index in [0.29, 0.717) is 43.8 Å². The quantitative estimate of drug-likeness (QED) is 0.0983. The number of sulfone groups is 2. The van der Waals surface area contributed by atoms with E-state index in [4.69, 9.17) is 0 Å².